The van der Waals surface area contributed by atoms with Crippen molar-refractivity contribution in [2.24, 2.45) is 4.99 Å². The van der Waals surface area contributed by atoms with Gasteiger partial charge >= 0.3 is 0 Å². The normalized spacial score (nSPS) is 11.1. The lowest BCUT2D eigenvalue weighted by Crippen LogP contribution is -2.38. The number of hydrogen-bond donors (Lipinski definition) is 2. The molecule has 4 nitrogen and oxygen atoms in total. The van der Waals surface area contributed by atoms with Crippen LogP contribution in [-0.2, 0) is 12.8 Å². The van der Waals surface area contributed by atoms with Gasteiger partial charge in [0.1, 0.15) is 0 Å². The van der Waals surface area contributed by atoms with Crippen LogP contribution in [-0.4, -0.2) is 30.6 Å². The van der Waals surface area contributed by atoms with Gasteiger partial charge < -0.3 is 10.6 Å². The van der Waals surface area contributed by atoms with E-state index in [-0.39, 0.29) is 24.0 Å². The van der Waals surface area contributed by atoms with Crippen molar-refractivity contribution < 1.29 is 0 Å². The Morgan fingerprint density at radius 3 is 2.64 bits per heavy atom. The fourth-order valence-electron chi connectivity index (χ4n) is 1.99. The number of guanidine groups is 1. The highest BCUT2D eigenvalue weighted by Gasteiger charge is 2.01. The zero-order valence-electron chi connectivity index (χ0n) is 14.2. The van der Waals surface area contributed by atoms with Crippen molar-refractivity contribution in [2.75, 3.05) is 19.6 Å². The van der Waals surface area contributed by atoms with E-state index in [0.717, 1.165) is 38.4 Å². The van der Waals surface area contributed by atoms with E-state index >= 15 is 0 Å². The predicted octanol–water partition coefficient (Wildman–Crippen LogP) is 4.00. The van der Waals surface area contributed by atoms with E-state index in [4.69, 9.17) is 0 Å². The second-order valence-electron chi connectivity index (χ2n) is 5.07. The molecule has 1 rings (SSSR count). The van der Waals surface area contributed by atoms with Crippen molar-refractivity contribution in [2.45, 2.75) is 59.3 Å². The van der Waals surface area contributed by atoms with Crippen LogP contribution in [0, 0.1) is 0 Å². The van der Waals surface area contributed by atoms with E-state index in [2.05, 4.69) is 41.4 Å². The molecule has 6 heteroatoms. The van der Waals surface area contributed by atoms with Crippen LogP contribution in [0.2, 0.25) is 0 Å². The molecule has 1 aromatic rings. The Kier molecular flexibility index (Phi) is 14.0. The molecule has 0 saturated heterocycles. The lowest BCUT2D eigenvalue weighted by atomic mass is 10.2. The number of hydrogen-bond acceptors (Lipinski definition) is 3. The minimum Gasteiger partial charge on any atom is -0.357 e. The van der Waals surface area contributed by atoms with E-state index in [1.165, 1.54) is 35.6 Å². The molecule has 1 heterocycles. The summed E-state index contributed by atoms with van der Waals surface area (Å²) < 4.78 is 0. The van der Waals surface area contributed by atoms with E-state index in [1.807, 2.05) is 17.5 Å². The fourth-order valence-corrected chi connectivity index (χ4v) is 2.85. The maximum Gasteiger partial charge on any atom is 0.191 e. The molecule has 0 radical (unpaired) electrons. The van der Waals surface area contributed by atoms with Crippen LogP contribution in [0.15, 0.2) is 11.2 Å². The molecule has 0 aliphatic rings. The van der Waals surface area contributed by atoms with Gasteiger partial charge in [-0.25, -0.2) is 4.98 Å². The van der Waals surface area contributed by atoms with Crippen LogP contribution < -0.4 is 10.6 Å². The molecule has 0 unspecified atom stereocenters. The Balaban J connectivity index is 0.00000441. The average Bonchev–Trinajstić information content (AvgIpc) is 2.95. The highest BCUT2D eigenvalue weighted by atomic mass is 127. The Labute approximate surface area is 156 Å². The Bertz CT molecular complexity index is 407. The monoisotopic (exact) mass is 438 g/mol. The Morgan fingerprint density at radius 1 is 1.18 bits per heavy atom. The highest BCUT2D eigenvalue weighted by molar-refractivity contribution is 14.0. The zero-order valence-corrected chi connectivity index (χ0v) is 17.3. The molecule has 0 spiro atoms. The summed E-state index contributed by atoms with van der Waals surface area (Å²) in [5.41, 5.74) is 0. The summed E-state index contributed by atoms with van der Waals surface area (Å²) in [6.45, 7) is 9.20. The summed E-state index contributed by atoms with van der Waals surface area (Å²) in [6.07, 6.45) is 9.07. The van der Waals surface area contributed by atoms with Gasteiger partial charge in [-0.2, -0.15) is 0 Å². The molecule has 0 bridgehead atoms. The number of unbranched alkanes of at least 4 members (excludes halogenated alkanes) is 3. The highest BCUT2D eigenvalue weighted by Crippen LogP contribution is 2.13. The second kappa shape index (κ2) is 14.2. The van der Waals surface area contributed by atoms with Crippen LogP contribution in [0.1, 0.15) is 56.3 Å². The number of nitrogens with one attached hydrogen (secondary N) is 2. The number of aromatic nitrogens is 1. The number of halogens is 1. The van der Waals surface area contributed by atoms with E-state index in [1.54, 1.807) is 0 Å². The van der Waals surface area contributed by atoms with Crippen LogP contribution in [0.4, 0.5) is 0 Å². The summed E-state index contributed by atoms with van der Waals surface area (Å²) in [6, 6.07) is 0. The third-order valence-corrected chi connectivity index (χ3v) is 4.41. The second-order valence-corrected chi connectivity index (χ2v) is 6.27. The van der Waals surface area contributed by atoms with Crippen molar-refractivity contribution >= 4 is 41.3 Å². The van der Waals surface area contributed by atoms with Crippen molar-refractivity contribution in [1.29, 1.82) is 0 Å². The number of aryl methyl sites for hydroxylation is 1. The van der Waals surface area contributed by atoms with E-state index in [9.17, 15) is 0 Å². The first-order valence-electron chi connectivity index (χ1n) is 8.25. The van der Waals surface area contributed by atoms with Gasteiger partial charge in [-0.1, -0.05) is 33.1 Å². The molecule has 0 fully saturated rings. The third-order valence-electron chi connectivity index (χ3n) is 3.21. The van der Waals surface area contributed by atoms with Gasteiger partial charge in [0, 0.05) is 37.1 Å². The van der Waals surface area contributed by atoms with Gasteiger partial charge in [0.05, 0.1) is 5.01 Å². The van der Waals surface area contributed by atoms with Crippen LogP contribution in [0.3, 0.4) is 0 Å². The number of rotatable bonds is 10. The van der Waals surface area contributed by atoms with E-state index < -0.39 is 0 Å². The van der Waals surface area contributed by atoms with Crippen molar-refractivity contribution in [1.82, 2.24) is 15.6 Å². The fraction of sp³-hybridized carbons (Fsp3) is 0.750. The smallest absolute Gasteiger partial charge is 0.191 e. The molecule has 1 aromatic heterocycles. The number of thiazole rings is 1. The zero-order chi connectivity index (χ0) is 15.3. The van der Waals surface area contributed by atoms with Gasteiger partial charge in [-0.05, 0) is 19.8 Å². The molecule has 0 aromatic carbocycles. The molecule has 0 atom stereocenters. The first-order chi connectivity index (χ1) is 10.3. The first-order valence-corrected chi connectivity index (χ1v) is 9.07. The van der Waals surface area contributed by atoms with Crippen LogP contribution in [0.5, 0.6) is 0 Å². The van der Waals surface area contributed by atoms with Gasteiger partial charge in [0.15, 0.2) is 5.96 Å². The Hall–Kier alpha value is -0.370. The van der Waals surface area contributed by atoms with Crippen molar-refractivity contribution in [3.05, 3.63) is 16.1 Å². The average molecular weight is 438 g/mol. The van der Waals surface area contributed by atoms with Gasteiger partial charge in [0.2, 0.25) is 0 Å². The maximum absolute atomic E-state index is 4.62. The van der Waals surface area contributed by atoms with Crippen molar-refractivity contribution in [3.8, 4) is 0 Å². The molecular weight excluding hydrogens is 407 g/mol. The molecule has 2 N–H and O–H groups in total. The SMILES string of the molecule is CCCCCCN=C(NCC)NCCc1ncc(CC)s1.I. The lowest BCUT2D eigenvalue weighted by Gasteiger charge is -2.10. The van der Waals surface area contributed by atoms with Crippen LogP contribution >= 0.6 is 35.3 Å². The van der Waals surface area contributed by atoms with Crippen LogP contribution in [0.25, 0.3) is 0 Å². The van der Waals surface area contributed by atoms with Gasteiger partial charge in [-0.15, -0.1) is 35.3 Å². The summed E-state index contributed by atoms with van der Waals surface area (Å²) in [7, 11) is 0. The summed E-state index contributed by atoms with van der Waals surface area (Å²) in [5.74, 6) is 0.932. The van der Waals surface area contributed by atoms with E-state index in [0.29, 0.717) is 0 Å². The third kappa shape index (κ3) is 9.61. The first kappa shape index (κ1) is 21.6. The summed E-state index contributed by atoms with van der Waals surface area (Å²) in [5, 5.41) is 7.90. The maximum atomic E-state index is 4.62. The number of nitrogens with zero attached hydrogens (tertiary/aromatic N) is 2. The molecule has 0 aliphatic heterocycles. The molecule has 22 heavy (non-hydrogen) atoms. The largest absolute Gasteiger partial charge is 0.357 e. The topological polar surface area (TPSA) is 49.3 Å². The van der Waals surface area contributed by atoms with Gasteiger partial charge in [-0.3, -0.25) is 4.99 Å². The predicted molar refractivity (Wildman–Crippen MR) is 109 cm³/mol. The minimum atomic E-state index is 0. The molecule has 0 amide bonds. The molecule has 128 valence electrons. The minimum absolute atomic E-state index is 0. The number of aliphatic imine (C=N–C) groups is 1. The molecular formula is C16H31IN4S. The van der Waals surface area contributed by atoms with Crippen molar-refractivity contribution in [3.63, 3.8) is 0 Å². The summed E-state index contributed by atoms with van der Waals surface area (Å²) in [4.78, 5) is 10.4. The standard InChI is InChI=1S/C16H30N4S.HI/c1-4-7-8-9-11-18-16(17-6-3)19-12-10-15-20-13-14(5-2)21-15;/h13H,4-12H2,1-3H3,(H2,17,18,19);1H. The quantitative estimate of drug-likeness (QED) is 0.251. The summed E-state index contributed by atoms with van der Waals surface area (Å²) >= 11 is 1.81. The van der Waals surface area contributed by atoms with Gasteiger partial charge in [0.25, 0.3) is 0 Å². The molecule has 0 saturated carbocycles. The lowest BCUT2D eigenvalue weighted by molar-refractivity contribution is 0.670. The molecule has 0 aliphatic carbocycles. The Morgan fingerprint density at radius 2 is 2.00 bits per heavy atom.